The lowest BCUT2D eigenvalue weighted by atomic mass is 10.2. The van der Waals surface area contributed by atoms with Gasteiger partial charge in [-0.15, -0.1) is 5.10 Å². The van der Waals surface area contributed by atoms with Gasteiger partial charge in [0, 0.05) is 35.8 Å². The Bertz CT molecular complexity index is 1790. The van der Waals surface area contributed by atoms with Gasteiger partial charge in [-0.2, -0.15) is 0 Å². The van der Waals surface area contributed by atoms with Gasteiger partial charge >= 0.3 is 7.60 Å². The van der Waals surface area contributed by atoms with Gasteiger partial charge in [0.05, 0.1) is 18.9 Å². The predicted molar refractivity (Wildman–Crippen MR) is 174 cm³/mol. The van der Waals surface area contributed by atoms with Crippen LogP contribution in [0.15, 0.2) is 101 Å². The van der Waals surface area contributed by atoms with Gasteiger partial charge in [0.2, 0.25) is 5.89 Å². The van der Waals surface area contributed by atoms with Crippen molar-refractivity contribution in [3.63, 3.8) is 0 Å². The molecule has 0 saturated carbocycles. The van der Waals surface area contributed by atoms with E-state index in [1.165, 1.54) is 10.7 Å². The molecule has 10 nitrogen and oxygen atoms in total. The Morgan fingerprint density at radius 2 is 1.60 bits per heavy atom. The predicted octanol–water partition coefficient (Wildman–Crippen LogP) is 7.93. The van der Waals surface area contributed by atoms with Crippen LogP contribution in [0.1, 0.15) is 41.2 Å². The molecule has 1 amide bonds. The number of aryl methyl sites for hydroxylation is 1. The molecule has 5 rings (SSSR count). The second-order valence-corrected chi connectivity index (χ2v) is 11.8. The van der Waals surface area contributed by atoms with Crippen LogP contribution in [0.2, 0.25) is 0 Å². The summed E-state index contributed by atoms with van der Waals surface area (Å²) in [5.74, 6) is 3.29. The summed E-state index contributed by atoms with van der Waals surface area (Å²) in [5.41, 5.74) is 3.39. The molecule has 0 aliphatic carbocycles. The van der Waals surface area contributed by atoms with Crippen LogP contribution in [0.4, 0.5) is 5.82 Å². The largest absolute Gasteiger partial charge is 0.487 e. The van der Waals surface area contributed by atoms with Gasteiger partial charge in [0.15, 0.2) is 5.82 Å². The van der Waals surface area contributed by atoms with E-state index >= 15 is 0 Å². The Morgan fingerprint density at radius 3 is 2.24 bits per heavy atom. The second kappa shape index (κ2) is 14.3. The number of carbonyl (C=O) groups is 1. The number of para-hydroxylation sites is 1. The summed E-state index contributed by atoms with van der Waals surface area (Å²) in [6.45, 7) is 6.02. The van der Waals surface area contributed by atoms with E-state index in [4.69, 9.17) is 23.3 Å². The van der Waals surface area contributed by atoms with Crippen LogP contribution in [-0.4, -0.2) is 40.9 Å². The SMILES string of the molecule is CCOP(=O)(C=Cc1cn(-c2ccccc2)nc1N(C)C(=O)c1ccc(OCc2nc(-c3ccccc3)oc2C)cc1)OCC. The maximum atomic E-state index is 13.6. The number of anilines is 1. The van der Waals surface area contributed by atoms with E-state index in [1.807, 2.05) is 67.6 Å². The maximum Gasteiger partial charge on any atom is 0.354 e. The number of amides is 1. The number of hydrogen-bond donors (Lipinski definition) is 0. The summed E-state index contributed by atoms with van der Waals surface area (Å²) >= 11 is 0. The van der Waals surface area contributed by atoms with Gasteiger partial charge in [0.25, 0.3) is 5.91 Å². The van der Waals surface area contributed by atoms with E-state index in [9.17, 15) is 9.36 Å². The molecular formula is C34H35N4O6P. The lowest BCUT2D eigenvalue weighted by Crippen LogP contribution is -2.27. The summed E-state index contributed by atoms with van der Waals surface area (Å²) in [5, 5.41) is 4.69. The summed E-state index contributed by atoms with van der Waals surface area (Å²) in [7, 11) is -1.83. The molecule has 0 bridgehead atoms. The van der Waals surface area contributed by atoms with Gasteiger partial charge in [-0.3, -0.25) is 14.3 Å². The molecule has 0 spiro atoms. The molecule has 0 fully saturated rings. The molecule has 2 aromatic heterocycles. The molecule has 45 heavy (non-hydrogen) atoms. The standard InChI is InChI=1S/C34H35N4O6P/c1-5-42-45(40,43-6-2)22-21-28-23-38(29-15-11-8-12-16-29)36-32(28)37(4)34(39)27-17-19-30(20-18-27)41-24-31-25(3)44-33(35-31)26-13-9-7-10-14-26/h7-23H,5-6,24H2,1-4H3. The number of benzene rings is 3. The minimum atomic E-state index is -3.48. The van der Waals surface area contributed by atoms with Crippen molar-refractivity contribution >= 4 is 25.4 Å². The summed E-state index contributed by atoms with van der Waals surface area (Å²) in [4.78, 5) is 19.6. The van der Waals surface area contributed by atoms with Crippen LogP contribution in [0.3, 0.4) is 0 Å². The third-order valence-corrected chi connectivity index (χ3v) is 8.56. The van der Waals surface area contributed by atoms with Crippen molar-refractivity contribution in [3.05, 3.63) is 120 Å². The average molecular weight is 627 g/mol. The maximum absolute atomic E-state index is 13.6. The minimum absolute atomic E-state index is 0.218. The zero-order chi connectivity index (χ0) is 31.8. The van der Waals surface area contributed by atoms with Crippen LogP contribution < -0.4 is 9.64 Å². The average Bonchev–Trinajstić information content (AvgIpc) is 3.67. The number of hydrogen-bond acceptors (Lipinski definition) is 8. The van der Waals surface area contributed by atoms with Crippen LogP contribution in [0.5, 0.6) is 5.75 Å². The van der Waals surface area contributed by atoms with E-state index in [-0.39, 0.29) is 25.7 Å². The number of rotatable bonds is 13. The fraction of sp³-hybridized carbons (Fsp3) is 0.206. The van der Waals surface area contributed by atoms with E-state index < -0.39 is 7.60 Å². The van der Waals surface area contributed by atoms with Crippen LogP contribution >= 0.6 is 7.60 Å². The quantitative estimate of drug-likeness (QED) is 0.121. The van der Waals surface area contributed by atoms with E-state index in [0.717, 1.165) is 11.3 Å². The van der Waals surface area contributed by atoms with Gasteiger partial charge < -0.3 is 18.2 Å². The van der Waals surface area contributed by atoms with E-state index in [2.05, 4.69) is 4.98 Å². The third-order valence-electron chi connectivity index (χ3n) is 6.81. The molecular weight excluding hydrogens is 591 g/mol. The first-order valence-corrected chi connectivity index (χ1v) is 16.2. The van der Waals surface area contributed by atoms with Crippen LogP contribution in [0.25, 0.3) is 23.2 Å². The highest BCUT2D eigenvalue weighted by Gasteiger charge is 2.23. The highest BCUT2D eigenvalue weighted by Crippen LogP contribution is 2.50. The summed E-state index contributed by atoms with van der Waals surface area (Å²) in [6.07, 6.45) is 3.38. The number of ether oxygens (including phenoxy) is 1. The van der Waals surface area contributed by atoms with Crippen molar-refractivity contribution in [2.24, 2.45) is 0 Å². The molecule has 232 valence electrons. The number of oxazole rings is 1. The number of nitrogens with zero attached hydrogens (tertiary/aromatic N) is 4. The zero-order valence-corrected chi connectivity index (χ0v) is 26.5. The first kappa shape index (κ1) is 31.7. The van der Waals surface area contributed by atoms with Gasteiger partial charge in [-0.25, -0.2) is 9.67 Å². The fourth-order valence-electron chi connectivity index (χ4n) is 4.53. The molecule has 0 saturated heterocycles. The summed E-state index contributed by atoms with van der Waals surface area (Å²) < 4.78 is 37.4. The molecule has 0 unspecified atom stereocenters. The Balaban J connectivity index is 1.33. The fourth-order valence-corrected chi connectivity index (χ4v) is 5.84. The lowest BCUT2D eigenvalue weighted by molar-refractivity contribution is 0.0992. The molecule has 11 heteroatoms. The minimum Gasteiger partial charge on any atom is -0.487 e. The molecule has 0 aliphatic heterocycles. The monoisotopic (exact) mass is 626 g/mol. The van der Waals surface area contributed by atoms with Crippen molar-refractivity contribution in [1.82, 2.24) is 14.8 Å². The van der Waals surface area contributed by atoms with Crippen molar-refractivity contribution in [2.75, 3.05) is 25.2 Å². The first-order valence-electron chi connectivity index (χ1n) is 14.6. The lowest BCUT2D eigenvalue weighted by Gasteiger charge is -2.16. The Hall–Kier alpha value is -4.76. The first-order chi connectivity index (χ1) is 21.8. The highest BCUT2D eigenvalue weighted by molar-refractivity contribution is 7.57. The molecule has 0 aliphatic rings. The topological polar surface area (TPSA) is 109 Å². The molecule has 0 atom stereocenters. The molecule has 0 N–H and O–H groups in total. The van der Waals surface area contributed by atoms with Gasteiger partial charge in [-0.05, 0) is 75.4 Å². The smallest absolute Gasteiger partial charge is 0.354 e. The van der Waals surface area contributed by atoms with Crippen molar-refractivity contribution in [3.8, 4) is 22.9 Å². The Morgan fingerprint density at radius 1 is 0.956 bits per heavy atom. The molecule has 3 aromatic carbocycles. The second-order valence-electron chi connectivity index (χ2n) is 9.94. The molecule has 0 radical (unpaired) electrons. The van der Waals surface area contributed by atoms with Gasteiger partial charge in [0.1, 0.15) is 23.8 Å². The number of aromatic nitrogens is 3. The highest BCUT2D eigenvalue weighted by atomic mass is 31.2. The Kier molecular flexibility index (Phi) is 10.1. The van der Waals surface area contributed by atoms with Crippen molar-refractivity contribution in [2.45, 2.75) is 27.4 Å². The summed E-state index contributed by atoms with van der Waals surface area (Å²) in [6, 6.07) is 26.0. The van der Waals surface area contributed by atoms with Crippen molar-refractivity contribution in [1.29, 1.82) is 0 Å². The van der Waals surface area contributed by atoms with Crippen LogP contribution in [0, 0.1) is 6.92 Å². The van der Waals surface area contributed by atoms with E-state index in [0.29, 0.717) is 40.0 Å². The third kappa shape index (κ3) is 7.67. The zero-order valence-electron chi connectivity index (χ0n) is 25.6. The Labute approximate surface area is 262 Å². The van der Waals surface area contributed by atoms with Gasteiger partial charge in [-0.1, -0.05) is 36.4 Å². The normalized spacial score (nSPS) is 11.6. The molecule has 5 aromatic rings. The van der Waals surface area contributed by atoms with Crippen molar-refractivity contribution < 1.29 is 27.6 Å². The van der Waals surface area contributed by atoms with Crippen LogP contribution in [-0.2, 0) is 20.2 Å². The number of carbonyl (C=O) groups excluding carboxylic acids is 1. The van der Waals surface area contributed by atoms with E-state index in [1.54, 1.807) is 62.1 Å². The molecule has 2 heterocycles.